The minimum Gasteiger partial charge on any atom is -0.375 e. The Bertz CT molecular complexity index is 156. The Labute approximate surface area is 87.7 Å². The van der Waals surface area contributed by atoms with Crippen molar-refractivity contribution < 1.29 is 4.74 Å². The molecule has 1 rings (SSSR count). The summed E-state index contributed by atoms with van der Waals surface area (Å²) in [6.45, 7) is 7.40. The molecule has 13 heavy (non-hydrogen) atoms. The molecule has 1 aliphatic rings. The van der Waals surface area contributed by atoms with Crippen molar-refractivity contribution in [3.63, 3.8) is 0 Å². The maximum atomic E-state index is 5.93. The monoisotopic (exact) mass is 202 g/mol. The number of thiol groups is 1. The Morgan fingerprint density at radius 1 is 1.38 bits per heavy atom. The molecular weight excluding hydrogens is 180 g/mol. The van der Waals surface area contributed by atoms with Crippen LogP contribution in [0.3, 0.4) is 0 Å². The first-order chi connectivity index (χ1) is 6.04. The van der Waals surface area contributed by atoms with Crippen LogP contribution < -0.4 is 0 Å². The van der Waals surface area contributed by atoms with Crippen LogP contribution >= 0.6 is 12.6 Å². The van der Waals surface area contributed by atoms with E-state index in [9.17, 15) is 0 Å². The average Bonchev–Trinajstić information content (AvgIpc) is 2.03. The van der Waals surface area contributed by atoms with Crippen LogP contribution in [0.15, 0.2) is 0 Å². The van der Waals surface area contributed by atoms with Crippen molar-refractivity contribution in [1.82, 2.24) is 0 Å². The smallest absolute Gasteiger partial charge is 0.0624 e. The van der Waals surface area contributed by atoms with Gasteiger partial charge < -0.3 is 4.74 Å². The van der Waals surface area contributed by atoms with Crippen molar-refractivity contribution in [3.05, 3.63) is 0 Å². The molecule has 0 radical (unpaired) electrons. The third-order valence-corrected chi connectivity index (χ3v) is 4.04. The second kappa shape index (κ2) is 4.22. The van der Waals surface area contributed by atoms with Crippen LogP contribution in [0.4, 0.5) is 0 Å². The van der Waals surface area contributed by atoms with Gasteiger partial charge in [-0.25, -0.2) is 0 Å². The van der Waals surface area contributed by atoms with E-state index in [0.29, 0.717) is 5.41 Å². The van der Waals surface area contributed by atoms with Gasteiger partial charge in [0.1, 0.15) is 0 Å². The zero-order valence-electron chi connectivity index (χ0n) is 9.10. The first kappa shape index (κ1) is 11.4. The Hall–Kier alpha value is 0.310. The summed E-state index contributed by atoms with van der Waals surface area (Å²) in [4.78, 5) is 0. The summed E-state index contributed by atoms with van der Waals surface area (Å²) in [6, 6.07) is 0. The molecule has 0 aliphatic heterocycles. The third kappa shape index (κ3) is 2.88. The van der Waals surface area contributed by atoms with E-state index in [1.165, 1.54) is 19.3 Å². The van der Waals surface area contributed by atoms with E-state index in [0.717, 1.165) is 18.8 Å². The maximum absolute atomic E-state index is 5.93. The van der Waals surface area contributed by atoms with Crippen molar-refractivity contribution in [2.45, 2.75) is 52.1 Å². The lowest BCUT2D eigenvalue weighted by Gasteiger charge is -2.42. The number of ether oxygens (including phenoxy) is 1. The zero-order chi connectivity index (χ0) is 9.95. The normalized spacial score (nSPS) is 21.2. The molecule has 2 heteroatoms. The average molecular weight is 202 g/mol. The van der Waals surface area contributed by atoms with Gasteiger partial charge in [-0.15, -0.1) is 0 Å². The summed E-state index contributed by atoms with van der Waals surface area (Å²) in [6.07, 6.45) is 5.04. The Kier molecular flexibility index (Phi) is 3.70. The molecule has 0 amide bonds. The van der Waals surface area contributed by atoms with E-state index in [2.05, 4.69) is 33.4 Å². The molecule has 1 nitrogen and oxygen atoms in total. The highest BCUT2D eigenvalue weighted by molar-refractivity contribution is 7.80. The van der Waals surface area contributed by atoms with Crippen LogP contribution in [0.2, 0.25) is 0 Å². The summed E-state index contributed by atoms with van der Waals surface area (Å²) in [5.74, 6) is 0.979. The predicted octanol–water partition coefficient (Wildman–Crippen LogP) is 3.29. The molecule has 1 aliphatic carbocycles. The summed E-state index contributed by atoms with van der Waals surface area (Å²) in [5, 5.41) is 0. The standard InChI is InChI=1S/C11H22OS/c1-4-10(2,3)12-8-11(9-13)6-5-7-11/h13H,4-9H2,1-3H3. The lowest BCUT2D eigenvalue weighted by molar-refractivity contribution is -0.0799. The number of rotatable bonds is 5. The fourth-order valence-electron chi connectivity index (χ4n) is 1.48. The quantitative estimate of drug-likeness (QED) is 0.673. The van der Waals surface area contributed by atoms with Crippen LogP contribution in [-0.2, 0) is 4.74 Å². The highest BCUT2D eigenvalue weighted by Crippen LogP contribution is 2.42. The van der Waals surface area contributed by atoms with Crippen molar-refractivity contribution in [2.24, 2.45) is 5.41 Å². The van der Waals surface area contributed by atoms with Crippen LogP contribution in [0, 0.1) is 5.41 Å². The first-order valence-corrected chi connectivity index (χ1v) is 5.92. The molecule has 0 atom stereocenters. The van der Waals surface area contributed by atoms with Gasteiger partial charge in [-0.3, -0.25) is 0 Å². The molecule has 0 aromatic rings. The molecule has 0 bridgehead atoms. The molecule has 1 saturated carbocycles. The van der Waals surface area contributed by atoms with E-state index in [1.807, 2.05) is 0 Å². The summed E-state index contributed by atoms with van der Waals surface area (Å²) in [5.41, 5.74) is 0.459. The van der Waals surface area contributed by atoms with Crippen LogP contribution in [0.1, 0.15) is 46.5 Å². The van der Waals surface area contributed by atoms with Crippen molar-refractivity contribution in [1.29, 1.82) is 0 Å². The van der Waals surface area contributed by atoms with Crippen LogP contribution in [0.25, 0.3) is 0 Å². The van der Waals surface area contributed by atoms with Crippen molar-refractivity contribution in [2.75, 3.05) is 12.4 Å². The topological polar surface area (TPSA) is 9.23 Å². The molecular formula is C11H22OS. The SMILES string of the molecule is CCC(C)(C)OCC1(CS)CCC1. The molecule has 1 fully saturated rings. The minimum absolute atomic E-state index is 0.0472. The van der Waals surface area contributed by atoms with E-state index in [4.69, 9.17) is 4.74 Å². The highest BCUT2D eigenvalue weighted by atomic mass is 32.1. The fraction of sp³-hybridized carbons (Fsp3) is 1.00. The predicted molar refractivity (Wildman–Crippen MR) is 60.5 cm³/mol. The molecule has 0 heterocycles. The first-order valence-electron chi connectivity index (χ1n) is 5.28. The van der Waals surface area contributed by atoms with Gasteiger partial charge >= 0.3 is 0 Å². The van der Waals surface area contributed by atoms with E-state index in [-0.39, 0.29) is 5.60 Å². The molecule has 78 valence electrons. The van der Waals surface area contributed by atoms with Gasteiger partial charge in [0.25, 0.3) is 0 Å². The molecule has 0 aromatic heterocycles. The third-order valence-electron chi connectivity index (χ3n) is 3.37. The van der Waals surface area contributed by atoms with Gasteiger partial charge in [-0.2, -0.15) is 12.6 Å². The van der Waals surface area contributed by atoms with Gasteiger partial charge in [-0.1, -0.05) is 13.3 Å². The molecule has 0 spiro atoms. The fourth-order valence-corrected chi connectivity index (χ4v) is 1.88. The van der Waals surface area contributed by atoms with Crippen molar-refractivity contribution >= 4 is 12.6 Å². The van der Waals surface area contributed by atoms with E-state index >= 15 is 0 Å². The second-order valence-electron chi connectivity index (χ2n) is 4.91. The largest absolute Gasteiger partial charge is 0.375 e. The molecule has 0 N–H and O–H groups in total. The Morgan fingerprint density at radius 3 is 2.31 bits per heavy atom. The number of hydrogen-bond donors (Lipinski definition) is 1. The lowest BCUT2D eigenvalue weighted by atomic mass is 9.71. The van der Waals surface area contributed by atoms with Gasteiger partial charge in [0.2, 0.25) is 0 Å². The number of hydrogen-bond acceptors (Lipinski definition) is 2. The summed E-state index contributed by atoms with van der Waals surface area (Å²) in [7, 11) is 0. The Balaban J connectivity index is 2.32. The van der Waals surface area contributed by atoms with Gasteiger partial charge in [0.05, 0.1) is 12.2 Å². The zero-order valence-corrected chi connectivity index (χ0v) is 9.99. The van der Waals surface area contributed by atoms with Crippen LogP contribution in [-0.4, -0.2) is 18.0 Å². The Morgan fingerprint density at radius 2 is 2.00 bits per heavy atom. The van der Waals surface area contributed by atoms with Crippen LogP contribution in [0.5, 0.6) is 0 Å². The van der Waals surface area contributed by atoms with Gasteiger partial charge in [-0.05, 0) is 38.9 Å². The molecule has 0 saturated heterocycles. The van der Waals surface area contributed by atoms with Gasteiger partial charge in [0.15, 0.2) is 0 Å². The summed E-state index contributed by atoms with van der Waals surface area (Å²) < 4.78 is 5.93. The lowest BCUT2D eigenvalue weighted by Crippen LogP contribution is -2.39. The van der Waals surface area contributed by atoms with E-state index in [1.54, 1.807) is 0 Å². The maximum Gasteiger partial charge on any atom is 0.0624 e. The molecule has 0 aromatic carbocycles. The second-order valence-corrected chi connectivity index (χ2v) is 5.23. The van der Waals surface area contributed by atoms with Crippen molar-refractivity contribution in [3.8, 4) is 0 Å². The van der Waals surface area contributed by atoms with Gasteiger partial charge in [0, 0.05) is 5.41 Å². The van der Waals surface area contributed by atoms with E-state index < -0.39 is 0 Å². The highest BCUT2D eigenvalue weighted by Gasteiger charge is 2.37. The molecule has 0 unspecified atom stereocenters. The minimum atomic E-state index is 0.0472. The summed E-state index contributed by atoms with van der Waals surface area (Å²) >= 11 is 4.41.